The molecule has 0 bridgehead atoms. The lowest BCUT2D eigenvalue weighted by Gasteiger charge is -2.36. The molecule has 1 atom stereocenters. The maximum absolute atomic E-state index is 13.5. The third-order valence-corrected chi connectivity index (χ3v) is 5.06. The zero-order chi connectivity index (χ0) is 18.6. The van der Waals surface area contributed by atoms with Gasteiger partial charge >= 0.3 is 0 Å². The van der Waals surface area contributed by atoms with Gasteiger partial charge in [-0.3, -0.25) is 14.9 Å². The van der Waals surface area contributed by atoms with Crippen LogP contribution in [0.3, 0.4) is 0 Å². The van der Waals surface area contributed by atoms with Gasteiger partial charge in [-0.1, -0.05) is 12.1 Å². The van der Waals surface area contributed by atoms with E-state index < -0.39 is 0 Å². The van der Waals surface area contributed by atoms with Crippen LogP contribution in [0.4, 0.5) is 4.39 Å². The average molecular weight is 364 g/mol. The molecule has 1 aliphatic heterocycles. The van der Waals surface area contributed by atoms with Gasteiger partial charge in [0, 0.05) is 24.5 Å². The number of aromatic amines is 1. The number of hydrogen-bond donors (Lipinski definition) is 1. The summed E-state index contributed by atoms with van der Waals surface area (Å²) < 4.78 is 13.5. The first-order chi connectivity index (χ1) is 13.2. The lowest BCUT2D eigenvalue weighted by Crippen LogP contribution is -2.39. The Kier molecular flexibility index (Phi) is 4.96. The van der Waals surface area contributed by atoms with Crippen molar-refractivity contribution < 1.29 is 9.18 Å². The summed E-state index contributed by atoms with van der Waals surface area (Å²) in [5, 5.41) is 7.34. The predicted octanol–water partition coefficient (Wildman–Crippen LogP) is 3.91. The molecule has 5 nitrogen and oxygen atoms in total. The summed E-state index contributed by atoms with van der Waals surface area (Å²) in [6, 6.07) is 10.1. The normalized spacial score (nSPS) is 17.1. The molecule has 1 amide bonds. The number of amides is 1. The van der Waals surface area contributed by atoms with E-state index in [-0.39, 0.29) is 24.2 Å². The molecule has 6 heteroatoms. The number of aromatic nitrogens is 3. The molecule has 1 aromatic carbocycles. The van der Waals surface area contributed by atoms with Gasteiger partial charge in [-0.25, -0.2) is 4.39 Å². The van der Waals surface area contributed by atoms with Crippen LogP contribution in [0.15, 0.2) is 55.0 Å². The third-order valence-electron chi connectivity index (χ3n) is 5.06. The Morgan fingerprint density at radius 2 is 2.07 bits per heavy atom. The highest BCUT2D eigenvalue weighted by Crippen LogP contribution is 2.35. The van der Waals surface area contributed by atoms with E-state index in [2.05, 4.69) is 15.2 Å². The Morgan fingerprint density at radius 3 is 2.89 bits per heavy atom. The Balaban J connectivity index is 1.60. The highest BCUT2D eigenvalue weighted by molar-refractivity contribution is 5.80. The second kappa shape index (κ2) is 7.70. The second-order valence-corrected chi connectivity index (χ2v) is 6.84. The molecule has 1 aliphatic rings. The Hall–Kier alpha value is -3.02. The van der Waals surface area contributed by atoms with Gasteiger partial charge < -0.3 is 4.90 Å². The zero-order valence-electron chi connectivity index (χ0n) is 14.9. The van der Waals surface area contributed by atoms with Crippen LogP contribution in [-0.4, -0.2) is 32.5 Å². The van der Waals surface area contributed by atoms with E-state index in [1.807, 2.05) is 17.0 Å². The largest absolute Gasteiger partial charge is 0.334 e. The van der Waals surface area contributed by atoms with E-state index in [1.54, 1.807) is 30.7 Å². The fourth-order valence-corrected chi connectivity index (χ4v) is 3.76. The molecule has 1 N–H and O–H groups in total. The fraction of sp³-hybridized carbons (Fsp3) is 0.286. The summed E-state index contributed by atoms with van der Waals surface area (Å²) in [5.74, 6) is -0.301. The van der Waals surface area contributed by atoms with Crippen LogP contribution in [0.25, 0.3) is 11.1 Å². The molecular formula is C21H21FN4O. The second-order valence-electron chi connectivity index (χ2n) is 6.84. The lowest BCUT2D eigenvalue weighted by molar-refractivity contribution is -0.134. The molecule has 4 rings (SSSR count). The van der Waals surface area contributed by atoms with Crippen LogP contribution >= 0.6 is 0 Å². The SMILES string of the molecule is O=C(Cc1cccc(F)c1)N1CCCCC1c1[nH]ncc1-c1ccncc1. The highest BCUT2D eigenvalue weighted by Gasteiger charge is 2.31. The minimum absolute atomic E-state index is 0.0144. The number of carbonyl (C=O) groups excluding carboxylic acids is 1. The molecule has 1 unspecified atom stereocenters. The number of halogens is 1. The van der Waals surface area contributed by atoms with Crippen molar-refractivity contribution in [3.8, 4) is 11.1 Å². The van der Waals surface area contributed by atoms with Crippen molar-refractivity contribution in [3.63, 3.8) is 0 Å². The minimum Gasteiger partial charge on any atom is -0.334 e. The molecule has 138 valence electrons. The van der Waals surface area contributed by atoms with E-state index >= 15 is 0 Å². The molecule has 1 fully saturated rings. The van der Waals surface area contributed by atoms with Crippen molar-refractivity contribution in [3.05, 3.63) is 72.1 Å². The van der Waals surface area contributed by atoms with Gasteiger partial charge in [-0.2, -0.15) is 5.10 Å². The summed E-state index contributed by atoms with van der Waals surface area (Å²) in [6.07, 6.45) is 8.42. The van der Waals surface area contributed by atoms with E-state index in [0.29, 0.717) is 12.1 Å². The molecule has 2 aromatic heterocycles. The van der Waals surface area contributed by atoms with E-state index in [4.69, 9.17) is 0 Å². The van der Waals surface area contributed by atoms with Crippen molar-refractivity contribution in [1.29, 1.82) is 0 Å². The van der Waals surface area contributed by atoms with Crippen molar-refractivity contribution in [2.75, 3.05) is 6.54 Å². The summed E-state index contributed by atoms with van der Waals surface area (Å²) in [6.45, 7) is 0.702. The Bertz CT molecular complexity index is 925. The summed E-state index contributed by atoms with van der Waals surface area (Å²) in [4.78, 5) is 19.0. The van der Waals surface area contributed by atoms with Crippen LogP contribution < -0.4 is 0 Å². The first kappa shape index (κ1) is 17.4. The van der Waals surface area contributed by atoms with Gasteiger partial charge in [0.1, 0.15) is 5.82 Å². The predicted molar refractivity (Wildman–Crippen MR) is 100 cm³/mol. The third kappa shape index (κ3) is 3.74. The number of H-pyrrole nitrogens is 1. The van der Waals surface area contributed by atoms with Crippen LogP contribution in [0.1, 0.15) is 36.6 Å². The van der Waals surface area contributed by atoms with Crippen molar-refractivity contribution in [2.45, 2.75) is 31.7 Å². The summed E-state index contributed by atoms with van der Waals surface area (Å²) in [7, 11) is 0. The van der Waals surface area contributed by atoms with Gasteiger partial charge in [-0.05, 0) is 54.7 Å². The zero-order valence-corrected chi connectivity index (χ0v) is 14.9. The first-order valence-electron chi connectivity index (χ1n) is 9.20. The molecule has 0 aliphatic carbocycles. The number of nitrogens with one attached hydrogen (secondary N) is 1. The standard InChI is InChI=1S/C21H21FN4O/c22-17-5-3-4-15(12-17)13-20(27)26-11-2-1-6-19(26)21-18(14-24-25-21)16-7-9-23-10-8-16/h3-5,7-10,12,14,19H,1-2,6,11,13H2,(H,24,25). The first-order valence-corrected chi connectivity index (χ1v) is 9.20. The van der Waals surface area contributed by atoms with Crippen LogP contribution in [-0.2, 0) is 11.2 Å². The van der Waals surface area contributed by atoms with Gasteiger partial charge in [0.05, 0.1) is 24.4 Å². The highest BCUT2D eigenvalue weighted by atomic mass is 19.1. The van der Waals surface area contributed by atoms with Gasteiger partial charge in [0.15, 0.2) is 0 Å². The number of likely N-dealkylation sites (tertiary alicyclic amines) is 1. The topological polar surface area (TPSA) is 61.9 Å². The van der Waals surface area contributed by atoms with Crippen molar-refractivity contribution >= 4 is 5.91 Å². The average Bonchev–Trinajstić information content (AvgIpc) is 3.18. The monoisotopic (exact) mass is 364 g/mol. The molecular weight excluding hydrogens is 343 g/mol. The number of nitrogens with zero attached hydrogens (tertiary/aromatic N) is 3. The smallest absolute Gasteiger partial charge is 0.227 e. The molecule has 3 heterocycles. The maximum Gasteiger partial charge on any atom is 0.227 e. The van der Waals surface area contributed by atoms with Gasteiger partial charge in [0.2, 0.25) is 5.91 Å². The quantitative estimate of drug-likeness (QED) is 0.764. The molecule has 27 heavy (non-hydrogen) atoms. The lowest BCUT2D eigenvalue weighted by atomic mass is 9.94. The number of benzene rings is 1. The number of hydrogen-bond acceptors (Lipinski definition) is 3. The van der Waals surface area contributed by atoms with Crippen molar-refractivity contribution in [2.24, 2.45) is 0 Å². The number of pyridine rings is 1. The van der Waals surface area contributed by atoms with Gasteiger partial charge in [0.25, 0.3) is 0 Å². The van der Waals surface area contributed by atoms with Gasteiger partial charge in [-0.15, -0.1) is 0 Å². The van der Waals surface area contributed by atoms with Crippen LogP contribution in [0.2, 0.25) is 0 Å². The van der Waals surface area contributed by atoms with E-state index in [9.17, 15) is 9.18 Å². The van der Waals surface area contributed by atoms with E-state index in [0.717, 1.165) is 36.1 Å². The number of carbonyl (C=O) groups is 1. The molecule has 1 saturated heterocycles. The molecule has 0 spiro atoms. The molecule has 0 radical (unpaired) electrons. The maximum atomic E-state index is 13.5. The Morgan fingerprint density at radius 1 is 1.22 bits per heavy atom. The number of piperidine rings is 1. The summed E-state index contributed by atoms with van der Waals surface area (Å²) >= 11 is 0. The fourth-order valence-electron chi connectivity index (χ4n) is 3.76. The van der Waals surface area contributed by atoms with Crippen molar-refractivity contribution in [1.82, 2.24) is 20.1 Å². The van der Waals surface area contributed by atoms with Crippen LogP contribution in [0, 0.1) is 5.82 Å². The van der Waals surface area contributed by atoms with E-state index in [1.165, 1.54) is 12.1 Å². The number of rotatable bonds is 4. The molecule has 3 aromatic rings. The Labute approximate surface area is 157 Å². The summed E-state index contributed by atoms with van der Waals surface area (Å²) in [5.41, 5.74) is 3.67. The van der Waals surface area contributed by atoms with Crippen LogP contribution in [0.5, 0.6) is 0 Å². The minimum atomic E-state index is -0.316. The molecule has 0 saturated carbocycles.